The van der Waals surface area contributed by atoms with Gasteiger partial charge >= 0.3 is 12.1 Å². The van der Waals surface area contributed by atoms with Crippen molar-refractivity contribution in [1.82, 2.24) is 21.3 Å². The van der Waals surface area contributed by atoms with Crippen LogP contribution in [0.5, 0.6) is 0 Å². The largest absolute Gasteiger partial charge is 0.480 e. The van der Waals surface area contributed by atoms with E-state index in [0.29, 0.717) is 77.4 Å². The molecular formula is C50H71N5O10. The maximum atomic E-state index is 13.2. The Hall–Kier alpha value is -5.35. The number of carboxylic acid groups (broad SMARTS) is 1. The molecule has 0 saturated heterocycles. The van der Waals surface area contributed by atoms with Crippen molar-refractivity contribution in [2.45, 2.75) is 102 Å². The highest BCUT2D eigenvalue weighted by atomic mass is 16.6. The lowest BCUT2D eigenvalue weighted by Crippen LogP contribution is -2.51. The highest BCUT2D eigenvalue weighted by Gasteiger charge is 2.29. The third-order valence-electron chi connectivity index (χ3n) is 11.1. The van der Waals surface area contributed by atoms with Crippen molar-refractivity contribution < 1.29 is 48.0 Å². The van der Waals surface area contributed by atoms with Crippen LogP contribution >= 0.6 is 0 Å². The zero-order chi connectivity index (χ0) is 46.7. The van der Waals surface area contributed by atoms with Gasteiger partial charge in [-0.3, -0.25) is 14.4 Å². The highest BCUT2D eigenvalue weighted by molar-refractivity contribution is 5.90. The van der Waals surface area contributed by atoms with Gasteiger partial charge in [-0.25, -0.2) is 9.59 Å². The van der Waals surface area contributed by atoms with Crippen LogP contribution in [0.4, 0.5) is 4.79 Å². The summed E-state index contributed by atoms with van der Waals surface area (Å²) in [5.41, 5.74) is 12.8. The number of carboxylic acids is 1. The lowest BCUT2D eigenvalue weighted by molar-refractivity contribution is -0.142. The van der Waals surface area contributed by atoms with Gasteiger partial charge in [-0.2, -0.15) is 0 Å². The SMILES string of the molecule is CC(C)Cc1ccc(CCCC(=O)NCCCCC(NC(=O)C(CCCCN)NC(=O)CCOCCOCCOCCNC(=O)OCC2c3ccccc3-c3ccccc32)C(=O)O)cc1. The van der Waals surface area contributed by atoms with Gasteiger partial charge in [0.2, 0.25) is 17.7 Å². The predicted molar refractivity (Wildman–Crippen MR) is 249 cm³/mol. The predicted octanol–water partition coefficient (Wildman–Crippen LogP) is 5.66. The van der Waals surface area contributed by atoms with Crippen molar-refractivity contribution in [2.24, 2.45) is 11.7 Å². The Morgan fingerprint density at radius 1 is 0.631 bits per heavy atom. The Morgan fingerprint density at radius 2 is 1.23 bits per heavy atom. The van der Waals surface area contributed by atoms with Gasteiger partial charge in [0.1, 0.15) is 18.7 Å². The molecule has 65 heavy (non-hydrogen) atoms. The molecule has 0 bridgehead atoms. The van der Waals surface area contributed by atoms with Crippen molar-refractivity contribution in [3.63, 3.8) is 0 Å². The number of ether oxygens (including phenoxy) is 4. The van der Waals surface area contributed by atoms with E-state index in [-0.39, 0.29) is 57.6 Å². The van der Waals surface area contributed by atoms with Gasteiger partial charge in [0, 0.05) is 31.8 Å². The number of carbonyl (C=O) groups is 5. The van der Waals surface area contributed by atoms with Crippen LogP contribution in [-0.2, 0) is 51.0 Å². The van der Waals surface area contributed by atoms with Crippen LogP contribution in [0.3, 0.4) is 0 Å². The number of hydrogen-bond acceptors (Lipinski definition) is 10. The van der Waals surface area contributed by atoms with Gasteiger partial charge in [-0.05, 0) is 104 Å². The average Bonchev–Trinajstić information content (AvgIpc) is 3.61. The Kier molecular flexibility index (Phi) is 24.1. The summed E-state index contributed by atoms with van der Waals surface area (Å²) in [4.78, 5) is 62.7. The zero-order valence-corrected chi connectivity index (χ0v) is 38.3. The first-order chi connectivity index (χ1) is 31.5. The number of fused-ring (bicyclic) bond motifs is 3. The van der Waals surface area contributed by atoms with Gasteiger partial charge in [0.15, 0.2) is 0 Å². The molecule has 7 N–H and O–H groups in total. The summed E-state index contributed by atoms with van der Waals surface area (Å²) in [6.07, 6.45) is 5.24. The minimum absolute atomic E-state index is 0.0000712. The van der Waals surface area contributed by atoms with E-state index < -0.39 is 36.0 Å². The average molecular weight is 902 g/mol. The number of nitrogens with one attached hydrogen (secondary N) is 4. The number of nitrogens with two attached hydrogens (primary N) is 1. The van der Waals surface area contributed by atoms with E-state index in [1.54, 1.807) is 0 Å². The summed E-state index contributed by atoms with van der Waals surface area (Å²) in [6.45, 7) is 7.31. The molecule has 1 aliphatic carbocycles. The molecule has 4 rings (SSSR count). The van der Waals surface area contributed by atoms with Crippen LogP contribution in [0.25, 0.3) is 11.1 Å². The van der Waals surface area contributed by atoms with Crippen LogP contribution in [0.2, 0.25) is 0 Å². The maximum Gasteiger partial charge on any atom is 0.407 e. The molecule has 2 unspecified atom stereocenters. The fourth-order valence-corrected chi connectivity index (χ4v) is 7.70. The summed E-state index contributed by atoms with van der Waals surface area (Å²) in [7, 11) is 0. The number of rotatable bonds is 33. The fraction of sp³-hybridized carbons (Fsp3) is 0.540. The lowest BCUT2D eigenvalue weighted by Gasteiger charge is -2.21. The van der Waals surface area contributed by atoms with Gasteiger partial charge in [-0.1, -0.05) is 86.6 Å². The van der Waals surface area contributed by atoms with Crippen LogP contribution in [-0.4, -0.2) is 113 Å². The Balaban J connectivity index is 1.00. The van der Waals surface area contributed by atoms with Crippen LogP contribution < -0.4 is 27.0 Å². The number of aliphatic carboxylic acids is 1. The third kappa shape index (κ3) is 19.7. The molecule has 15 heteroatoms. The summed E-state index contributed by atoms with van der Waals surface area (Å²) in [5.74, 6) is -1.59. The van der Waals surface area contributed by atoms with E-state index >= 15 is 0 Å². The standard InChI is InChI=1S/C50H71N5O10/c1-36(2)34-38-22-20-37(21-23-38)12-11-19-46(56)52-26-10-8-18-45(49(59)60)55-48(58)44(17-7-9-25-51)54-47(57)24-28-62-30-32-64-33-31-63-29-27-53-50(61)65-35-43-41-15-5-3-13-39(41)40-14-4-6-16-42(40)43/h3-6,13-16,20-23,36,43-45H,7-12,17-19,24-35,51H2,1-2H3,(H,52,56)(H,53,61)(H,54,57)(H,55,58)(H,59,60). The van der Waals surface area contributed by atoms with E-state index in [2.05, 4.69) is 83.6 Å². The van der Waals surface area contributed by atoms with Gasteiger partial charge in [-0.15, -0.1) is 0 Å². The van der Waals surface area contributed by atoms with Crippen molar-refractivity contribution in [3.8, 4) is 11.1 Å². The highest BCUT2D eigenvalue weighted by Crippen LogP contribution is 2.44. The molecule has 4 amide bonds. The molecule has 0 radical (unpaired) electrons. The van der Waals surface area contributed by atoms with Crippen molar-refractivity contribution in [2.75, 3.05) is 65.9 Å². The quantitative estimate of drug-likeness (QED) is 0.0411. The topological polar surface area (TPSA) is 217 Å². The monoisotopic (exact) mass is 902 g/mol. The van der Waals surface area contributed by atoms with E-state index in [1.807, 2.05) is 24.3 Å². The number of carbonyl (C=O) groups excluding carboxylic acids is 4. The summed E-state index contributed by atoms with van der Waals surface area (Å²) in [5, 5.41) is 20.7. The molecule has 356 valence electrons. The summed E-state index contributed by atoms with van der Waals surface area (Å²) >= 11 is 0. The Morgan fingerprint density at radius 3 is 1.88 bits per heavy atom. The number of alkyl carbamates (subject to hydrolysis) is 1. The zero-order valence-electron chi connectivity index (χ0n) is 38.3. The van der Waals surface area contributed by atoms with Gasteiger partial charge < -0.3 is 51.1 Å². The first kappa shape index (κ1) is 52.3. The molecule has 0 aromatic heterocycles. The molecule has 0 fully saturated rings. The minimum Gasteiger partial charge on any atom is -0.480 e. The number of benzene rings is 3. The van der Waals surface area contributed by atoms with Crippen LogP contribution in [0.15, 0.2) is 72.8 Å². The molecule has 3 aromatic rings. The van der Waals surface area contributed by atoms with Gasteiger partial charge in [0.25, 0.3) is 0 Å². The number of unbranched alkanes of at least 4 members (excludes halogenated alkanes) is 2. The first-order valence-electron chi connectivity index (χ1n) is 23.2. The van der Waals surface area contributed by atoms with Gasteiger partial charge in [0.05, 0.1) is 39.6 Å². The minimum atomic E-state index is -1.17. The molecule has 1 aliphatic rings. The molecule has 0 spiro atoms. The summed E-state index contributed by atoms with van der Waals surface area (Å²) in [6, 6.07) is 22.8. The normalized spacial score (nSPS) is 12.8. The van der Waals surface area contributed by atoms with E-state index in [1.165, 1.54) is 22.3 Å². The Bertz CT molecular complexity index is 1860. The van der Waals surface area contributed by atoms with Crippen molar-refractivity contribution in [1.29, 1.82) is 0 Å². The van der Waals surface area contributed by atoms with Crippen LogP contribution in [0.1, 0.15) is 99.8 Å². The first-order valence-corrected chi connectivity index (χ1v) is 23.2. The molecule has 2 atom stereocenters. The Labute approximate surface area is 384 Å². The molecule has 0 heterocycles. The van der Waals surface area contributed by atoms with Crippen molar-refractivity contribution >= 4 is 29.8 Å². The summed E-state index contributed by atoms with van der Waals surface area (Å²) < 4.78 is 22.1. The van der Waals surface area contributed by atoms with Crippen molar-refractivity contribution in [3.05, 3.63) is 95.1 Å². The molecule has 15 nitrogen and oxygen atoms in total. The molecule has 3 aromatic carbocycles. The molecule has 0 saturated carbocycles. The second-order valence-corrected chi connectivity index (χ2v) is 16.8. The second kappa shape index (κ2) is 30.0. The number of amides is 4. The number of hydrogen-bond donors (Lipinski definition) is 6. The number of aryl methyl sites for hydroxylation is 1. The smallest absolute Gasteiger partial charge is 0.407 e. The fourth-order valence-electron chi connectivity index (χ4n) is 7.70. The second-order valence-electron chi connectivity index (χ2n) is 16.8. The van der Waals surface area contributed by atoms with Crippen LogP contribution in [0, 0.1) is 5.92 Å². The maximum absolute atomic E-state index is 13.2. The third-order valence-corrected chi connectivity index (χ3v) is 11.1. The lowest BCUT2D eigenvalue weighted by atomic mass is 9.98. The molecular weight excluding hydrogens is 831 g/mol. The van der Waals surface area contributed by atoms with E-state index in [0.717, 1.165) is 30.4 Å². The molecule has 0 aliphatic heterocycles. The van der Waals surface area contributed by atoms with E-state index in [4.69, 9.17) is 24.7 Å². The van der Waals surface area contributed by atoms with E-state index in [9.17, 15) is 29.1 Å².